The van der Waals surface area contributed by atoms with Gasteiger partial charge in [-0.25, -0.2) is 0 Å². The zero-order valence-electron chi connectivity index (χ0n) is 6.55. The van der Waals surface area contributed by atoms with Gasteiger partial charge in [-0.05, 0) is 50.0 Å². The normalized spacial score (nSPS) is 44.7. The summed E-state index contributed by atoms with van der Waals surface area (Å²) in [6.07, 6.45) is 7.36. The molecule has 58 valence electrons. The second kappa shape index (κ2) is 2.54. The molecule has 2 fully saturated rings. The molecule has 0 saturated heterocycles. The van der Waals surface area contributed by atoms with Crippen LogP contribution in [0.25, 0.3) is 0 Å². The second-order valence-corrected chi connectivity index (χ2v) is 4.01. The van der Waals surface area contributed by atoms with Gasteiger partial charge in [-0.2, -0.15) is 0 Å². The standard InChI is InChI=1S/C9H17N/c10-4-3-9-6-7-1-2-8(9)5-7/h7-9H,1-6,10H2/t7-,8-,9-/m0/s1. The minimum absolute atomic E-state index is 0.911. The molecule has 0 amide bonds. The molecule has 2 N–H and O–H groups in total. The molecule has 0 aromatic heterocycles. The average molecular weight is 139 g/mol. The van der Waals surface area contributed by atoms with Gasteiger partial charge in [0.15, 0.2) is 0 Å². The molecule has 2 rings (SSSR count). The SMILES string of the molecule is NCC[C@H]1C[C@H]2CC[C@H]1C2. The maximum atomic E-state index is 5.54. The molecule has 2 bridgehead atoms. The van der Waals surface area contributed by atoms with Crippen LogP contribution >= 0.6 is 0 Å². The Kier molecular flexibility index (Phi) is 1.69. The Hall–Kier alpha value is -0.0400. The third-order valence-electron chi connectivity index (χ3n) is 3.42. The molecule has 2 aliphatic rings. The summed E-state index contributed by atoms with van der Waals surface area (Å²) in [5.41, 5.74) is 5.54. The van der Waals surface area contributed by atoms with Gasteiger partial charge in [0.2, 0.25) is 0 Å². The van der Waals surface area contributed by atoms with Gasteiger partial charge in [0.05, 0.1) is 0 Å². The van der Waals surface area contributed by atoms with Gasteiger partial charge in [0.25, 0.3) is 0 Å². The molecule has 0 aromatic carbocycles. The second-order valence-electron chi connectivity index (χ2n) is 4.01. The highest BCUT2D eigenvalue weighted by Gasteiger charge is 2.38. The highest BCUT2D eigenvalue weighted by Crippen LogP contribution is 2.49. The smallest absolute Gasteiger partial charge is 0.00745 e. The van der Waals surface area contributed by atoms with Crippen molar-refractivity contribution in [3.8, 4) is 0 Å². The predicted octanol–water partition coefficient (Wildman–Crippen LogP) is 1.77. The summed E-state index contributed by atoms with van der Waals surface area (Å²) < 4.78 is 0. The molecule has 10 heavy (non-hydrogen) atoms. The first-order chi connectivity index (χ1) is 4.90. The fourth-order valence-electron chi connectivity index (χ4n) is 2.94. The molecule has 0 aliphatic heterocycles. The van der Waals surface area contributed by atoms with E-state index in [1.807, 2.05) is 0 Å². The van der Waals surface area contributed by atoms with Crippen molar-refractivity contribution in [2.45, 2.75) is 32.1 Å². The Labute approximate surface area is 63.0 Å². The van der Waals surface area contributed by atoms with E-state index >= 15 is 0 Å². The zero-order valence-corrected chi connectivity index (χ0v) is 6.55. The van der Waals surface area contributed by atoms with Crippen molar-refractivity contribution in [1.29, 1.82) is 0 Å². The summed E-state index contributed by atoms with van der Waals surface area (Å²) in [6.45, 7) is 0.911. The minimum atomic E-state index is 0.911. The summed E-state index contributed by atoms with van der Waals surface area (Å²) >= 11 is 0. The van der Waals surface area contributed by atoms with E-state index in [0.29, 0.717) is 0 Å². The predicted molar refractivity (Wildman–Crippen MR) is 42.6 cm³/mol. The van der Waals surface area contributed by atoms with E-state index in [1.54, 1.807) is 0 Å². The zero-order chi connectivity index (χ0) is 6.97. The van der Waals surface area contributed by atoms with Crippen molar-refractivity contribution in [3.63, 3.8) is 0 Å². The van der Waals surface area contributed by atoms with Crippen LogP contribution in [0.3, 0.4) is 0 Å². The van der Waals surface area contributed by atoms with Crippen LogP contribution < -0.4 is 5.73 Å². The molecule has 2 saturated carbocycles. The lowest BCUT2D eigenvalue weighted by atomic mass is 9.86. The van der Waals surface area contributed by atoms with E-state index in [9.17, 15) is 0 Å². The highest BCUT2D eigenvalue weighted by molar-refractivity contribution is 4.89. The van der Waals surface area contributed by atoms with Gasteiger partial charge < -0.3 is 5.73 Å². The van der Waals surface area contributed by atoms with E-state index in [-0.39, 0.29) is 0 Å². The Bertz CT molecular complexity index is 122. The Morgan fingerprint density at radius 1 is 1.20 bits per heavy atom. The van der Waals surface area contributed by atoms with Crippen LogP contribution in [0.1, 0.15) is 32.1 Å². The lowest BCUT2D eigenvalue weighted by Crippen LogP contribution is -2.14. The van der Waals surface area contributed by atoms with Crippen LogP contribution in [0.15, 0.2) is 0 Å². The first-order valence-electron chi connectivity index (χ1n) is 4.60. The van der Waals surface area contributed by atoms with Crippen molar-refractivity contribution in [2.75, 3.05) is 6.54 Å². The molecule has 3 atom stereocenters. The number of hydrogen-bond acceptors (Lipinski definition) is 1. The van der Waals surface area contributed by atoms with Crippen molar-refractivity contribution < 1.29 is 0 Å². The van der Waals surface area contributed by atoms with Crippen LogP contribution in [-0.2, 0) is 0 Å². The average Bonchev–Trinajstić information content (AvgIpc) is 2.48. The molecule has 0 spiro atoms. The van der Waals surface area contributed by atoms with Crippen LogP contribution in [-0.4, -0.2) is 6.54 Å². The third kappa shape index (κ3) is 0.968. The summed E-state index contributed by atoms with van der Waals surface area (Å²) in [4.78, 5) is 0. The molecular weight excluding hydrogens is 122 g/mol. The minimum Gasteiger partial charge on any atom is -0.330 e. The van der Waals surface area contributed by atoms with E-state index in [4.69, 9.17) is 5.73 Å². The molecule has 0 radical (unpaired) electrons. The number of hydrogen-bond donors (Lipinski definition) is 1. The van der Waals surface area contributed by atoms with Gasteiger partial charge in [-0.3, -0.25) is 0 Å². The van der Waals surface area contributed by atoms with Crippen LogP contribution in [0.5, 0.6) is 0 Å². The van der Waals surface area contributed by atoms with Crippen LogP contribution in [0.4, 0.5) is 0 Å². The topological polar surface area (TPSA) is 26.0 Å². The summed E-state index contributed by atoms with van der Waals surface area (Å²) in [6, 6.07) is 0. The number of nitrogens with two attached hydrogens (primary N) is 1. The molecular formula is C9H17N. The van der Waals surface area contributed by atoms with Gasteiger partial charge in [-0.1, -0.05) is 6.42 Å². The Balaban J connectivity index is 1.90. The molecule has 0 unspecified atom stereocenters. The third-order valence-corrected chi connectivity index (χ3v) is 3.42. The van der Waals surface area contributed by atoms with E-state index in [2.05, 4.69) is 0 Å². The highest BCUT2D eigenvalue weighted by atomic mass is 14.5. The Morgan fingerprint density at radius 3 is 2.60 bits per heavy atom. The Morgan fingerprint density at radius 2 is 2.10 bits per heavy atom. The van der Waals surface area contributed by atoms with Gasteiger partial charge in [0, 0.05) is 0 Å². The first kappa shape index (κ1) is 6.66. The quantitative estimate of drug-likeness (QED) is 0.620. The van der Waals surface area contributed by atoms with Gasteiger partial charge in [0.1, 0.15) is 0 Å². The van der Waals surface area contributed by atoms with Crippen LogP contribution in [0.2, 0.25) is 0 Å². The molecule has 0 heterocycles. The summed E-state index contributed by atoms with van der Waals surface area (Å²) in [5, 5.41) is 0. The fraction of sp³-hybridized carbons (Fsp3) is 1.00. The maximum Gasteiger partial charge on any atom is -0.00745 e. The number of rotatable bonds is 2. The number of fused-ring (bicyclic) bond motifs is 2. The summed E-state index contributed by atoms with van der Waals surface area (Å²) in [7, 11) is 0. The van der Waals surface area contributed by atoms with Crippen molar-refractivity contribution >= 4 is 0 Å². The van der Waals surface area contributed by atoms with Crippen LogP contribution in [0, 0.1) is 17.8 Å². The largest absolute Gasteiger partial charge is 0.330 e. The van der Waals surface area contributed by atoms with Crippen molar-refractivity contribution in [3.05, 3.63) is 0 Å². The van der Waals surface area contributed by atoms with Gasteiger partial charge >= 0.3 is 0 Å². The van der Waals surface area contributed by atoms with E-state index in [0.717, 1.165) is 24.3 Å². The van der Waals surface area contributed by atoms with E-state index < -0.39 is 0 Å². The molecule has 0 aromatic rings. The lowest BCUT2D eigenvalue weighted by Gasteiger charge is -2.20. The van der Waals surface area contributed by atoms with Crippen molar-refractivity contribution in [2.24, 2.45) is 23.5 Å². The fourth-order valence-corrected chi connectivity index (χ4v) is 2.94. The lowest BCUT2D eigenvalue weighted by molar-refractivity contribution is 0.318. The summed E-state index contributed by atoms with van der Waals surface area (Å²) in [5.74, 6) is 3.19. The first-order valence-corrected chi connectivity index (χ1v) is 4.60. The van der Waals surface area contributed by atoms with Crippen molar-refractivity contribution in [1.82, 2.24) is 0 Å². The monoisotopic (exact) mass is 139 g/mol. The maximum absolute atomic E-state index is 5.54. The molecule has 1 heteroatoms. The molecule has 2 aliphatic carbocycles. The molecule has 1 nitrogen and oxygen atoms in total. The van der Waals surface area contributed by atoms with E-state index in [1.165, 1.54) is 32.1 Å². The van der Waals surface area contributed by atoms with Gasteiger partial charge in [-0.15, -0.1) is 0 Å².